The van der Waals surface area contributed by atoms with Gasteiger partial charge in [-0.05, 0) is 61.0 Å². The molecule has 0 radical (unpaired) electrons. The Labute approximate surface area is 186 Å². The molecule has 0 heterocycles. The number of methoxy groups -OCH3 is 2. The molecule has 0 aliphatic heterocycles. The number of sulfonamides is 2. The second kappa shape index (κ2) is 9.05. The summed E-state index contributed by atoms with van der Waals surface area (Å²) in [5.41, 5.74) is 1.24. The average molecular weight is 481 g/mol. The lowest BCUT2D eigenvalue weighted by atomic mass is 10.2. The maximum absolute atomic E-state index is 13.6. The fourth-order valence-electron chi connectivity index (χ4n) is 2.83. The van der Waals surface area contributed by atoms with Crippen LogP contribution < -0.4 is 18.9 Å². The van der Waals surface area contributed by atoms with Gasteiger partial charge in [0.2, 0.25) is 0 Å². The highest BCUT2D eigenvalue weighted by Gasteiger charge is 2.19. The van der Waals surface area contributed by atoms with E-state index in [-0.39, 0.29) is 26.9 Å². The van der Waals surface area contributed by atoms with Gasteiger partial charge in [0.15, 0.2) is 11.6 Å². The number of benzene rings is 3. The normalized spacial score (nSPS) is 11.6. The Balaban J connectivity index is 1.82. The number of rotatable bonds is 8. The largest absolute Gasteiger partial charge is 0.495 e. The van der Waals surface area contributed by atoms with E-state index in [9.17, 15) is 21.2 Å². The van der Waals surface area contributed by atoms with Gasteiger partial charge >= 0.3 is 0 Å². The lowest BCUT2D eigenvalue weighted by molar-refractivity contribution is 0.385. The fraction of sp³-hybridized carbons (Fsp3) is 0.143. The summed E-state index contributed by atoms with van der Waals surface area (Å²) in [7, 11) is -5.35. The summed E-state index contributed by atoms with van der Waals surface area (Å²) in [5.74, 6) is -0.552. The molecule has 0 spiro atoms. The summed E-state index contributed by atoms with van der Waals surface area (Å²) < 4.78 is 79.0. The second-order valence-corrected chi connectivity index (χ2v) is 10.1. The SMILES string of the molecule is COc1cc(S(=O)(=O)Nc2ccc(S(=O)(=O)Nc3cc(C)ccc3OC)cc2)ccc1F. The Hall–Kier alpha value is -3.31. The van der Waals surface area contributed by atoms with Gasteiger partial charge in [-0.3, -0.25) is 9.44 Å². The molecule has 0 atom stereocenters. The predicted octanol–water partition coefficient (Wildman–Crippen LogP) is 3.75. The first-order valence-electron chi connectivity index (χ1n) is 9.19. The summed E-state index contributed by atoms with van der Waals surface area (Å²) in [6.45, 7) is 1.81. The van der Waals surface area contributed by atoms with E-state index in [1.54, 1.807) is 18.2 Å². The van der Waals surface area contributed by atoms with Crippen LogP contribution in [0.1, 0.15) is 5.56 Å². The van der Waals surface area contributed by atoms with Gasteiger partial charge in [0.05, 0.1) is 29.7 Å². The zero-order chi connectivity index (χ0) is 23.5. The summed E-state index contributed by atoms with van der Waals surface area (Å²) in [6.07, 6.45) is 0. The van der Waals surface area contributed by atoms with E-state index in [0.717, 1.165) is 23.8 Å². The van der Waals surface area contributed by atoms with Crippen molar-refractivity contribution in [1.29, 1.82) is 0 Å². The van der Waals surface area contributed by atoms with Crippen molar-refractivity contribution >= 4 is 31.4 Å². The number of ether oxygens (including phenoxy) is 2. The van der Waals surface area contributed by atoms with Crippen LogP contribution in [0.3, 0.4) is 0 Å². The number of halogens is 1. The minimum atomic E-state index is -4.05. The molecule has 0 bridgehead atoms. The molecule has 0 unspecified atom stereocenters. The van der Waals surface area contributed by atoms with Crippen molar-refractivity contribution in [3.8, 4) is 11.5 Å². The third kappa shape index (κ3) is 5.11. The summed E-state index contributed by atoms with van der Waals surface area (Å²) in [6, 6.07) is 13.3. The molecular weight excluding hydrogens is 459 g/mol. The minimum absolute atomic E-state index is 0.0764. The van der Waals surface area contributed by atoms with Gasteiger partial charge in [-0.15, -0.1) is 0 Å². The first-order chi connectivity index (χ1) is 15.1. The zero-order valence-corrected chi connectivity index (χ0v) is 19.1. The highest BCUT2D eigenvalue weighted by atomic mass is 32.2. The average Bonchev–Trinajstić information content (AvgIpc) is 2.74. The molecule has 0 fully saturated rings. The van der Waals surface area contributed by atoms with Gasteiger partial charge in [-0.2, -0.15) is 0 Å². The predicted molar refractivity (Wildman–Crippen MR) is 119 cm³/mol. The Morgan fingerprint density at radius 1 is 0.719 bits per heavy atom. The molecule has 32 heavy (non-hydrogen) atoms. The smallest absolute Gasteiger partial charge is 0.262 e. The van der Waals surface area contributed by atoms with Gasteiger partial charge in [0.1, 0.15) is 5.75 Å². The first kappa shape index (κ1) is 23.4. The molecule has 0 saturated carbocycles. The number of hydrogen-bond acceptors (Lipinski definition) is 6. The molecule has 3 aromatic carbocycles. The van der Waals surface area contributed by atoms with E-state index < -0.39 is 25.9 Å². The molecule has 2 N–H and O–H groups in total. The van der Waals surface area contributed by atoms with Crippen molar-refractivity contribution in [3.05, 3.63) is 72.0 Å². The monoisotopic (exact) mass is 480 g/mol. The van der Waals surface area contributed by atoms with E-state index in [2.05, 4.69) is 9.44 Å². The number of anilines is 2. The zero-order valence-electron chi connectivity index (χ0n) is 17.4. The molecule has 0 amide bonds. The van der Waals surface area contributed by atoms with Gasteiger partial charge in [0.25, 0.3) is 20.0 Å². The van der Waals surface area contributed by atoms with Crippen molar-refractivity contribution in [2.75, 3.05) is 23.7 Å². The summed E-state index contributed by atoms with van der Waals surface area (Å²) >= 11 is 0. The van der Waals surface area contributed by atoms with E-state index in [4.69, 9.17) is 9.47 Å². The van der Waals surface area contributed by atoms with Crippen molar-refractivity contribution in [3.63, 3.8) is 0 Å². The highest BCUT2D eigenvalue weighted by Crippen LogP contribution is 2.28. The first-order valence-corrected chi connectivity index (χ1v) is 12.2. The minimum Gasteiger partial charge on any atom is -0.495 e. The van der Waals surface area contributed by atoms with Crippen molar-refractivity contribution < 1.29 is 30.7 Å². The van der Waals surface area contributed by atoms with Crippen LogP contribution >= 0.6 is 0 Å². The van der Waals surface area contributed by atoms with Crippen LogP contribution in [0.25, 0.3) is 0 Å². The van der Waals surface area contributed by atoms with Crippen LogP contribution in [0.2, 0.25) is 0 Å². The Bertz CT molecular complexity index is 1340. The Morgan fingerprint density at radius 2 is 1.31 bits per heavy atom. The standard InChI is InChI=1S/C21H21FN2O6S2/c1-14-4-11-20(29-2)19(12-14)24-31(25,26)16-7-5-15(6-8-16)23-32(27,28)17-9-10-18(22)21(13-17)30-3/h4-13,23-24H,1-3H3. The molecule has 0 aliphatic carbocycles. The molecule has 0 saturated heterocycles. The number of hydrogen-bond donors (Lipinski definition) is 2. The maximum atomic E-state index is 13.6. The molecule has 3 aromatic rings. The van der Waals surface area contributed by atoms with E-state index in [1.165, 1.54) is 38.5 Å². The summed E-state index contributed by atoms with van der Waals surface area (Å²) in [4.78, 5) is -0.284. The molecule has 170 valence electrons. The van der Waals surface area contributed by atoms with Crippen molar-refractivity contribution in [2.24, 2.45) is 0 Å². The number of aryl methyl sites for hydroxylation is 1. The van der Waals surface area contributed by atoms with E-state index in [1.807, 2.05) is 6.92 Å². The molecule has 0 aromatic heterocycles. The third-order valence-corrected chi connectivity index (χ3v) is 7.21. The van der Waals surface area contributed by atoms with Crippen LogP contribution in [0, 0.1) is 12.7 Å². The number of nitrogens with one attached hydrogen (secondary N) is 2. The van der Waals surface area contributed by atoms with Crippen LogP contribution in [0.4, 0.5) is 15.8 Å². The van der Waals surface area contributed by atoms with E-state index in [0.29, 0.717) is 5.75 Å². The van der Waals surface area contributed by atoms with Crippen molar-refractivity contribution in [2.45, 2.75) is 16.7 Å². The molecule has 0 aliphatic rings. The van der Waals surface area contributed by atoms with Crippen molar-refractivity contribution in [1.82, 2.24) is 0 Å². The fourth-order valence-corrected chi connectivity index (χ4v) is 4.96. The van der Waals surface area contributed by atoms with E-state index >= 15 is 0 Å². The topological polar surface area (TPSA) is 111 Å². The lowest BCUT2D eigenvalue weighted by Gasteiger charge is -2.13. The second-order valence-electron chi connectivity index (χ2n) is 6.74. The molecule has 3 rings (SSSR count). The van der Waals surface area contributed by atoms with Gasteiger partial charge in [0, 0.05) is 11.8 Å². The quantitative estimate of drug-likeness (QED) is 0.508. The highest BCUT2D eigenvalue weighted by molar-refractivity contribution is 7.93. The third-order valence-electron chi connectivity index (χ3n) is 4.45. The Kier molecular flexibility index (Phi) is 6.60. The molecular formula is C21H21FN2O6S2. The van der Waals surface area contributed by atoms with Gasteiger partial charge in [-0.25, -0.2) is 21.2 Å². The van der Waals surface area contributed by atoms with Crippen LogP contribution in [0.15, 0.2) is 70.5 Å². The van der Waals surface area contributed by atoms with Crippen LogP contribution in [-0.2, 0) is 20.0 Å². The molecule has 11 heteroatoms. The molecule has 8 nitrogen and oxygen atoms in total. The summed E-state index contributed by atoms with van der Waals surface area (Å²) in [5, 5.41) is 0. The Morgan fingerprint density at radius 3 is 1.94 bits per heavy atom. The van der Waals surface area contributed by atoms with Crippen LogP contribution in [-0.4, -0.2) is 31.1 Å². The lowest BCUT2D eigenvalue weighted by Crippen LogP contribution is -2.15. The van der Waals surface area contributed by atoms with Gasteiger partial charge in [-0.1, -0.05) is 6.07 Å². The maximum Gasteiger partial charge on any atom is 0.262 e. The van der Waals surface area contributed by atoms with Crippen LogP contribution in [0.5, 0.6) is 11.5 Å². The van der Waals surface area contributed by atoms with Gasteiger partial charge < -0.3 is 9.47 Å².